The monoisotopic (exact) mass is 287 g/mol. The minimum atomic E-state index is -4.88. The molecule has 1 fully saturated rings. The highest BCUT2D eigenvalue weighted by molar-refractivity contribution is 7.72. The molecule has 102 valence electrons. The smallest absolute Gasteiger partial charge is 0.324 e. The molecule has 0 spiro atoms. The molecule has 0 aromatic carbocycles. The molecule has 0 radical (unpaired) electrons. The van der Waals surface area contributed by atoms with Gasteiger partial charge < -0.3 is 24.9 Å². The third-order valence-electron chi connectivity index (χ3n) is 3.30. The number of hydrogen-bond acceptors (Lipinski definition) is 3. The second-order valence-electron chi connectivity index (χ2n) is 4.66. The van der Waals surface area contributed by atoms with E-state index >= 15 is 0 Å². The predicted octanol–water partition coefficient (Wildman–Crippen LogP) is 0.590. The summed E-state index contributed by atoms with van der Waals surface area (Å²) in [4.78, 5) is 34.5. The van der Waals surface area contributed by atoms with E-state index in [0.29, 0.717) is 13.0 Å². The quantitative estimate of drug-likeness (QED) is 0.479. The summed E-state index contributed by atoms with van der Waals surface area (Å²) in [7, 11) is -9.76. The molecule has 1 atom stereocenters. The molecule has 0 aromatic rings. The van der Waals surface area contributed by atoms with Crippen LogP contribution < -0.4 is 5.32 Å². The lowest BCUT2D eigenvalue weighted by Crippen LogP contribution is -2.40. The molecule has 7 nitrogen and oxygen atoms in total. The molecule has 0 aromatic heterocycles. The van der Waals surface area contributed by atoms with Crippen molar-refractivity contribution in [1.82, 2.24) is 5.32 Å². The van der Waals surface area contributed by atoms with Crippen LogP contribution in [0, 0.1) is 0 Å². The van der Waals surface area contributed by atoms with Crippen LogP contribution in [0.1, 0.15) is 32.6 Å². The van der Waals surface area contributed by atoms with Gasteiger partial charge in [0, 0.05) is 6.04 Å². The summed E-state index contributed by atoms with van der Waals surface area (Å²) in [6.07, 6.45) is 2.33. The zero-order valence-electron chi connectivity index (χ0n) is 9.61. The van der Waals surface area contributed by atoms with E-state index in [1.807, 2.05) is 0 Å². The average Bonchev–Trinajstić information content (AvgIpc) is 2.15. The molecule has 1 rings (SSSR count). The molecule has 0 amide bonds. The second kappa shape index (κ2) is 5.10. The van der Waals surface area contributed by atoms with Gasteiger partial charge >= 0.3 is 15.2 Å². The molecule has 0 saturated carbocycles. The van der Waals surface area contributed by atoms with Gasteiger partial charge in [-0.15, -0.1) is 0 Å². The second-order valence-corrected chi connectivity index (χ2v) is 9.16. The normalized spacial score (nSPS) is 23.7. The Labute approximate surface area is 99.9 Å². The van der Waals surface area contributed by atoms with Gasteiger partial charge in [-0.2, -0.15) is 0 Å². The van der Waals surface area contributed by atoms with E-state index in [4.69, 9.17) is 0 Å². The third kappa shape index (κ3) is 3.38. The molecule has 0 aliphatic carbocycles. The Kier molecular flexibility index (Phi) is 4.59. The first-order valence-corrected chi connectivity index (χ1v) is 8.65. The van der Waals surface area contributed by atoms with Crippen LogP contribution in [-0.2, 0) is 9.13 Å². The Bertz CT molecular complexity index is 333. The summed E-state index contributed by atoms with van der Waals surface area (Å²) < 4.78 is 22.7. The van der Waals surface area contributed by atoms with Crippen molar-refractivity contribution in [3.05, 3.63) is 0 Å². The Morgan fingerprint density at radius 2 is 1.71 bits per heavy atom. The van der Waals surface area contributed by atoms with Crippen molar-refractivity contribution >= 4 is 15.2 Å². The fourth-order valence-electron chi connectivity index (χ4n) is 1.97. The Morgan fingerprint density at radius 3 is 2.06 bits per heavy atom. The van der Waals surface area contributed by atoms with E-state index in [2.05, 4.69) is 5.32 Å². The first kappa shape index (κ1) is 15.3. The lowest BCUT2D eigenvalue weighted by Gasteiger charge is -2.35. The standard InChI is InChI=1S/C8H19NO6P2/c1-8(16(10,11)12,17(13,14)15)6-7-4-2-3-5-9-7/h7,9H,2-6H2,1H3,(H2,10,11,12)(H2,13,14,15). The van der Waals surface area contributed by atoms with Gasteiger partial charge in [-0.3, -0.25) is 9.13 Å². The molecule has 0 bridgehead atoms. The molecule has 1 aliphatic heterocycles. The van der Waals surface area contributed by atoms with Crippen molar-refractivity contribution in [1.29, 1.82) is 0 Å². The maximum atomic E-state index is 11.3. The maximum absolute atomic E-state index is 11.3. The van der Waals surface area contributed by atoms with Gasteiger partial charge in [-0.05, 0) is 32.7 Å². The molecule has 1 heterocycles. The van der Waals surface area contributed by atoms with Crippen LogP contribution in [0.5, 0.6) is 0 Å². The van der Waals surface area contributed by atoms with E-state index < -0.39 is 20.1 Å². The first-order valence-electron chi connectivity index (χ1n) is 5.42. The summed E-state index contributed by atoms with van der Waals surface area (Å²) >= 11 is 0. The van der Waals surface area contributed by atoms with Crippen LogP contribution in [0.4, 0.5) is 0 Å². The summed E-state index contributed by atoms with van der Waals surface area (Å²) in [6, 6.07) is -0.256. The Hall–Kier alpha value is 0.260. The summed E-state index contributed by atoms with van der Waals surface area (Å²) in [5.74, 6) is 0. The largest absolute Gasteiger partial charge is 0.343 e. The fourth-order valence-corrected chi connectivity index (χ4v) is 4.25. The van der Waals surface area contributed by atoms with Gasteiger partial charge in [0.1, 0.15) is 0 Å². The van der Waals surface area contributed by atoms with Gasteiger partial charge in [-0.1, -0.05) is 6.42 Å². The van der Waals surface area contributed by atoms with Crippen LogP contribution in [0.25, 0.3) is 0 Å². The van der Waals surface area contributed by atoms with Crippen molar-refractivity contribution < 1.29 is 28.7 Å². The highest BCUT2D eigenvalue weighted by Crippen LogP contribution is 2.70. The topological polar surface area (TPSA) is 127 Å². The van der Waals surface area contributed by atoms with E-state index in [1.54, 1.807) is 0 Å². The zero-order valence-corrected chi connectivity index (χ0v) is 11.4. The first-order chi connectivity index (χ1) is 7.58. The minimum Gasteiger partial charge on any atom is -0.324 e. The van der Waals surface area contributed by atoms with Gasteiger partial charge in [0.25, 0.3) is 0 Å². The molecular formula is C8H19NO6P2. The van der Waals surface area contributed by atoms with Crippen molar-refractivity contribution in [3.63, 3.8) is 0 Å². The molecule has 17 heavy (non-hydrogen) atoms. The highest BCUT2D eigenvalue weighted by Gasteiger charge is 2.56. The van der Waals surface area contributed by atoms with Crippen LogP contribution in [0.2, 0.25) is 0 Å². The number of rotatable bonds is 4. The van der Waals surface area contributed by atoms with E-state index in [-0.39, 0.29) is 12.5 Å². The summed E-state index contributed by atoms with van der Waals surface area (Å²) in [5.41, 5.74) is 0. The zero-order chi connectivity index (χ0) is 13.3. The van der Waals surface area contributed by atoms with Crippen LogP contribution in [0.3, 0.4) is 0 Å². The predicted molar refractivity (Wildman–Crippen MR) is 62.8 cm³/mol. The summed E-state index contributed by atoms with van der Waals surface area (Å²) in [6.45, 7) is 1.67. The van der Waals surface area contributed by atoms with Gasteiger partial charge in [0.2, 0.25) is 0 Å². The fraction of sp³-hybridized carbons (Fsp3) is 1.00. The van der Waals surface area contributed by atoms with Crippen molar-refractivity contribution in [2.45, 2.75) is 43.5 Å². The van der Waals surface area contributed by atoms with E-state index in [9.17, 15) is 28.7 Å². The van der Waals surface area contributed by atoms with E-state index in [0.717, 1.165) is 19.8 Å². The number of nitrogens with one attached hydrogen (secondary N) is 1. The van der Waals surface area contributed by atoms with Gasteiger partial charge in [0.05, 0.1) is 0 Å². The lowest BCUT2D eigenvalue weighted by molar-refractivity contribution is 0.284. The van der Waals surface area contributed by atoms with Crippen molar-refractivity contribution in [2.75, 3.05) is 6.54 Å². The van der Waals surface area contributed by atoms with E-state index in [1.165, 1.54) is 0 Å². The molecule has 1 aliphatic rings. The van der Waals surface area contributed by atoms with Crippen molar-refractivity contribution in [2.24, 2.45) is 0 Å². The lowest BCUT2D eigenvalue weighted by atomic mass is 10.0. The number of hydrogen-bond donors (Lipinski definition) is 5. The average molecular weight is 287 g/mol. The third-order valence-corrected chi connectivity index (χ3v) is 7.74. The molecule has 9 heteroatoms. The maximum Gasteiger partial charge on any atom is 0.343 e. The Balaban J connectivity index is 2.92. The van der Waals surface area contributed by atoms with Crippen LogP contribution >= 0.6 is 15.2 Å². The van der Waals surface area contributed by atoms with Crippen molar-refractivity contribution in [3.8, 4) is 0 Å². The highest BCUT2D eigenvalue weighted by atomic mass is 31.2. The number of piperidine rings is 1. The van der Waals surface area contributed by atoms with Gasteiger partial charge in [0.15, 0.2) is 4.90 Å². The SMILES string of the molecule is CC(CC1CCCCN1)(P(=O)(O)O)P(=O)(O)O. The Morgan fingerprint density at radius 1 is 1.18 bits per heavy atom. The summed E-state index contributed by atoms with van der Waals surface area (Å²) in [5, 5.41) is 3.03. The van der Waals surface area contributed by atoms with Gasteiger partial charge in [-0.25, -0.2) is 0 Å². The molecule has 1 saturated heterocycles. The molecular weight excluding hydrogens is 268 g/mol. The minimum absolute atomic E-state index is 0.221. The van der Waals surface area contributed by atoms with Crippen LogP contribution in [0.15, 0.2) is 0 Å². The molecule has 1 unspecified atom stereocenters. The van der Waals surface area contributed by atoms with Crippen LogP contribution in [-0.4, -0.2) is 37.1 Å². The molecule has 5 N–H and O–H groups in total.